The molecule has 5 nitrogen and oxygen atoms in total. The molecule has 0 spiro atoms. The standard InChI is InChI=1S/C23H25BrN2O3/c1-15-20-13-17(24)6-7-21(20)29-22(15)23(27)25-18-8-10-26(11-9-18)14-16-4-3-5-19(12-16)28-2/h3-7,12-13,18H,8-11,14H2,1-2H3,(H,25,27). The van der Waals surface area contributed by atoms with Gasteiger partial charge in [-0.2, -0.15) is 0 Å². The maximum atomic E-state index is 12.8. The van der Waals surface area contributed by atoms with Gasteiger partial charge in [-0.15, -0.1) is 0 Å². The van der Waals surface area contributed by atoms with Crippen molar-refractivity contribution in [2.75, 3.05) is 20.2 Å². The van der Waals surface area contributed by atoms with Crippen molar-refractivity contribution >= 4 is 32.8 Å². The van der Waals surface area contributed by atoms with E-state index in [-0.39, 0.29) is 11.9 Å². The zero-order valence-electron chi connectivity index (χ0n) is 16.7. The predicted molar refractivity (Wildman–Crippen MR) is 117 cm³/mol. The molecule has 2 heterocycles. The van der Waals surface area contributed by atoms with Crippen molar-refractivity contribution in [1.82, 2.24) is 10.2 Å². The van der Waals surface area contributed by atoms with E-state index in [2.05, 4.69) is 38.3 Å². The minimum absolute atomic E-state index is 0.124. The van der Waals surface area contributed by atoms with E-state index in [9.17, 15) is 4.79 Å². The molecule has 0 radical (unpaired) electrons. The van der Waals surface area contributed by atoms with Gasteiger partial charge in [0.25, 0.3) is 5.91 Å². The van der Waals surface area contributed by atoms with Gasteiger partial charge < -0.3 is 14.5 Å². The molecule has 1 aromatic heterocycles. The number of nitrogens with one attached hydrogen (secondary N) is 1. The van der Waals surface area contributed by atoms with Crippen LogP contribution in [0.25, 0.3) is 11.0 Å². The van der Waals surface area contributed by atoms with Gasteiger partial charge in [0.1, 0.15) is 11.3 Å². The van der Waals surface area contributed by atoms with Gasteiger partial charge in [-0.1, -0.05) is 28.1 Å². The lowest BCUT2D eigenvalue weighted by Crippen LogP contribution is -2.44. The summed E-state index contributed by atoms with van der Waals surface area (Å²) >= 11 is 3.48. The molecule has 0 aliphatic carbocycles. The monoisotopic (exact) mass is 456 g/mol. The summed E-state index contributed by atoms with van der Waals surface area (Å²) in [4.78, 5) is 15.2. The first-order chi connectivity index (χ1) is 14.0. The van der Waals surface area contributed by atoms with Crippen molar-refractivity contribution < 1.29 is 13.9 Å². The van der Waals surface area contributed by atoms with Gasteiger partial charge in [0.05, 0.1) is 7.11 Å². The molecule has 1 fully saturated rings. The van der Waals surface area contributed by atoms with Gasteiger partial charge in [0.2, 0.25) is 0 Å². The SMILES string of the molecule is COc1cccc(CN2CCC(NC(=O)c3oc4ccc(Br)cc4c3C)CC2)c1. The quantitative estimate of drug-likeness (QED) is 0.592. The third kappa shape index (κ3) is 4.49. The Labute approximate surface area is 179 Å². The van der Waals surface area contributed by atoms with E-state index < -0.39 is 0 Å². The summed E-state index contributed by atoms with van der Waals surface area (Å²) in [5.41, 5.74) is 2.87. The normalized spacial score (nSPS) is 15.6. The number of fused-ring (bicyclic) bond motifs is 1. The Kier molecular flexibility index (Phi) is 5.92. The topological polar surface area (TPSA) is 54.7 Å². The molecule has 2 aromatic carbocycles. The van der Waals surface area contributed by atoms with E-state index in [1.807, 2.05) is 37.3 Å². The number of hydrogen-bond donors (Lipinski definition) is 1. The highest BCUT2D eigenvalue weighted by Gasteiger charge is 2.24. The zero-order valence-corrected chi connectivity index (χ0v) is 18.3. The number of amides is 1. The van der Waals surface area contributed by atoms with E-state index >= 15 is 0 Å². The second kappa shape index (κ2) is 8.59. The first kappa shape index (κ1) is 20.0. The molecule has 1 aliphatic rings. The molecule has 0 atom stereocenters. The average Bonchev–Trinajstić information content (AvgIpc) is 3.06. The van der Waals surface area contributed by atoms with E-state index in [0.717, 1.165) is 59.2 Å². The number of carbonyl (C=O) groups excluding carboxylic acids is 1. The molecule has 0 saturated carbocycles. The van der Waals surface area contributed by atoms with Crippen LogP contribution in [0, 0.1) is 6.92 Å². The van der Waals surface area contributed by atoms with Crippen molar-refractivity contribution in [3.63, 3.8) is 0 Å². The molecule has 3 aromatic rings. The molecule has 1 aliphatic heterocycles. The number of halogens is 1. The number of piperidine rings is 1. The Balaban J connectivity index is 1.35. The number of nitrogens with zero attached hydrogens (tertiary/aromatic N) is 1. The lowest BCUT2D eigenvalue weighted by atomic mass is 10.0. The molecule has 6 heteroatoms. The number of methoxy groups -OCH3 is 1. The van der Waals surface area contributed by atoms with Crippen LogP contribution in [0.1, 0.15) is 34.5 Å². The molecule has 152 valence electrons. The first-order valence-electron chi connectivity index (χ1n) is 9.88. The van der Waals surface area contributed by atoms with Crippen LogP contribution in [-0.4, -0.2) is 37.0 Å². The Morgan fingerprint density at radius 1 is 1.24 bits per heavy atom. The summed E-state index contributed by atoms with van der Waals surface area (Å²) in [6.45, 7) is 4.74. The Hall–Kier alpha value is -2.31. The lowest BCUT2D eigenvalue weighted by Gasteiger charge is -2.32. The van der Waals surface area contributed by atoms with Crippen molar-refractivity contribution in [1.29, 1.82) is 0 Å². The zero-order chi connectivity index (χ0) is 20.4. The van der Waals surface area contributed by atoms with Crippen molar-refractivity contribution in [2.24, 2.45) is 0 Å². The Morgan fingerprint density at radius 2 is 2.03 bits per heavy atom. The van der Waals surface area contributed by atoms with Crippen molar-refractivity contribution in [3.8, 4) is 5.75 Å². The van der Waals surface area contributed by atoms with Gasteiger partial charge in [0.15, 0.2) is 5.76 Å². The van der Waals surface area contributed by atoms with Crippen LogP contribution in [0.2, 0.25) is 0 Å². The molecule has 1 N–H and O–H groups in total. The second-order valence-corrected chi connectivity index (χ2v) is 8.49. The highest BCUT2D eigenvalue weighted by atomic mass is 79.9. The van der Waals surface area contributed by atoms with E-state index in [0.29, 0.717) is 5.76 Å². The van der Waals surface area contributed by atoms with Gasteiger partial charge in [-0.3, -0.25) is 9.69 Å². The Morgan fingerprint density at radius 3 is 2.79 bits per heavy atom. The fourth-order valence-corrected chi connectivity index (χ4v) is 4.29. The molecule has 1 saturated heterocycles. The van der Waals surface area contributed by atoms with Crippen LogP contribution in [0.3, 0.4) is 0 Å². The summed E-state index contributed by atoms with van der Waals surface area (Å²) in [6.07, 6.45) is 1.86. The van der Waals surface area contributed by atoms with Gasteiger partial charge in [-0.05, 0) is 55.7 Å². The van der Waals surface area contributed by atoms with Crippen LogP contribution in [0.15, 0.2) is 51.4 Å². The highest BCUT2D eigenvalue weighted by molar-refractivity contribution is 9.10. The number of ether oxygens (including phenoxy) is 1. The fourth-order valence-electron chi connectivity index (χ4n) is 3.93. The molecule has 1 amide bonds. The lowest BCUT2D eigenvalue weighted by molar-refractivity contribution is 0.0882. The van der Waals surface area contributed by atoms with E-state index in [1.165, 1.54) is 5.56 Å². The average molecular weight is 457 g/mol. The van der Waals surface area contributed by atoms with Crippen molar-refractivity contribution in [2.45, 2.75) is 32.4 Å². The summed E-state index contributed by atoms with van der Waals surface area (Å²) in [7, 11) is 1.69. The molecule has 29 heavy (non-hydrogen) atoms. The smallest absolute Gasteiger partial charge is 0.287 e. The number of likely N-dealkylation sites (tertiary alicyclic amines) is 1. The number of carbonyl (C=O) groups is 1. The molecule has 0 bridgehead atoms. The van der Waals surface area contributed by atoms with E-state index in [4.69, 9.17) is 9.15 Å². The van der Waals surface area contributed by atoms with Crippen LogP contribution in [0.5, 0.6) is 5.75 Å². The summed E-state index contributed by atoms with van der Waals surface area (Å²) in [6, 6.07) is 14.2. The summed E-state index contributed by atoms with van der Waals surface area (Å²) in [5, 5.41) is 4.13. The van der Waals surface area contributed by atoms with Gasteiger partial charge in [-0.25, -0.2) is 0 Å². The molecular weight excluding hydrogens is 432 g/mol. The molecule has 4 rings (SSSR count). The third-order valence-electron chi connectivity index (χ3n) is 5.57. The highest BCUT2D eigenvalue weighted by Crippen LogP contribution is 2.28. The van der Waals surface area contributed by atoms with Crippen LogP contribution >= 0.6 is 15.9 Å². The van der Waals surface area contributed by atoms with Gasteiger partial charge in [0, 0.05) is 41.1 Å². The van der Waals surface area contributed by atoms with Gasteiger partial charge >= 0.3 is 0 Å². The Bertz CT molecular complexity index is 1020. The maximum Gasteiger partial charge on any atom is 0.287 e. The number of furan rings is 1. The maximum absolute atomic E-state index is 12.8. The minimum atomic E-state index is -0.124. The second-order valence-electron chi connectivity index (χ2n) is 7.57. The number of benzene rings is 2. The summed E-state index contributed by atoms with van der Waals surface area (Å²) in [5.74, 6) is 1.18. The largest absolute Gasteiger partial charge is 0.497 e. The number of rotatable bonds is 5. The van der Waals surface area contributed by atoms with E-state index in [1.54, 1.807) is 7.11 Å². The predicted octanol–water partition coefficient (Wildman–Crippen LogP) is 4.91. The van der Waals surface area contributed by atoms with Crippen molar-refractivity contribution in [3.05, 3.63) is 63.8 Å². The molecule has 0 unspecified atom stereocenters. The number of aryl methyl sites for hydroxylation is 1. The van der Waals surface area contributed by atoms with Crippen LogP contribution in [-0.2, 0) is 6.54 Å². The van der Waals surface area contributed by atoms with Crippen LogP contribution < -0.4 is 10.1 Å². The molecular formula is C23H25BrN2O3. The minimum Gasteiger partial charge on any atom is -0.497 e. The number of hydrogen-bond acceptors (Lipinski definition) is 4. The van der Waals surface area contributed by atoms with Crippen LogP contribution in [0.4, 0.5) is 0 Å². The third-order valence-corrected chi connectivity index (χ3v) is 6.06. The first-order valence-corrected chi connectivity index (χ1v) is 10.7. The summed E-state index contributed by atoms with van der Waals surface area (Å²) < 4.78 is 12.1. The fraction of sp³-hybridized carbons (Fsp3) is 0.348.